The number of carbonyl (C=O) groups is 2. The molecule has 0 saturated carbocycles. The summed E-state index contributed by atoms with van der Waals surface area (Å²) in [5.74, 6) is 0.109. The van der Waals surface area contributed by atoms with Gasteiger partial charge in [0.25, 0.3) is 0 Å². The Morgan fingerprint density at radius 3 is 2.14 bits per heavy atom. The Bertz CT molecular complexity index is 280. The second-order valence-corrected chi connectivity index (χ2v) is 4.39. The highest BCUT2D eigenvalue weighted by atomic mass is 16.2. The van der Waals surface area contributed by atoms with E-state index in [-0.39, 0.29) is 18.1 Å². The van der Waals surface area contributed by atoms with Gasteiger partial charge in [-0.3, -0.25) is 9.59 Å². The maximum atomic E-state index is 11.8. The zero-order valence-electron chi connectivity index (χ0n) is 8.75. The minimum atomic E-state index is -0.455. The first-order valence-electron chi connectivity index (χ1n) is 5.05. The highest BCUT2D eigenvalue weighted by Crippen LogP contribution is 2.34. The molecule has 1 spiro atoms. The first kappa shape index (κ1) is 9.65. The van der Waals surface area contributed by atoms with Crippen molar-refractivity contribution in [3.8, 4) is 0 Å². The van der Waals surface area contributed by atoms with Gasteiger partial charge in [-0.05, 0) is 19.9 Å². The van der Waals surface area contributed by atoms with Crippen LogP contribution >= 0.6 is 0 Å². The zero-order valence-corrected chi connectivity index (χ0v) is 8.75. The summed E-state index contributed by atoms with van der Waals surface area (Å²) in [7, 11) is 3.81. The van der Waals surface area contributed by atoms with Crippen LogP contribution in [0.2, 0.25) is 0 Å². The number of Topliss-reactive ketones (excluding diaryl/α,β-unsaturated/α-hetero) is 1. The van der Waals surface area contributed by atoms with Crippen LogP contribution in [0.15, 0.2) is 0 Å². The SMILES string of the molecule is CN1CCC2(CC1)C(=O)CC(=O)N2C. The number of carbonyl (C=O) groups excluding carboxylic acids is 2. The van der Waals surface area contributed by atoms with Crippen LogP contribution < -0.4 is 0 Å². The Balaban J connectivity index is 2.22. The van der Waals surface area contributed by atoms with E-state index in [1.807, 2.05) is 7.05 Å². The molecule has 2 saturated heterocycles. The number of amides is 1. The van der Waals surface area contributed by atoms with Crippen LogP contribution in [0.1, 0.15) is 19.3 Å². The molecule has 1 amide bonds. The lowest BCUT2D eigenvalue weighted by atomic mass is 9.84. The molecule has 0 aromatic heterocycles. The normalized spacial score (nSPS) is 27.7. The predicted octanol–water partition coefficient (Wildman–Crippen LogP) is -0.118. The number of ketones is 1. The van der Waals surface area contributed by atoms with Crippen molar-refractivity contribution in [1.29, 1.82) is 0 Å². The number of nitrogens with zero attached hydrogens (tertiary/aromatic N) is 2. The lowest BCUT2D eigenvalue weighted by Gasteiger charge is -2.40. The summed E-state index contributed by atoms with van der Waals surface area (Å²) < 4.78 is 0. The van der Waals surface area contributed by atoms with Gasteiger partial charge in [0.05, 0.1) is 6.42 Å². The quantitative estimate of drug-likeness (QED) is 0.507. The van der Waals surface area contributed by atoms with Crippen molar-refractivity contribution in [1.82, 2.24) is 9.80 Å². The summed E-state index contributed by atoms with van der Waals surface area (Å²) in [6.45, 7) is 1.81. The Kier molecular flexibility index (Phi) is 2.10. The maximum absolute atomic E-state index is 11.8. The van der Waals surface area contributed by atoms with E-state index in [1.165, 1.54) is 0 Å². The first-order chi connectivity index (χ1) is 6.56. The maximum Gasteiger partial charge on any atom is 0.230 e. The van der Waals surface area contributed by atoms with Gasteiger partial charge in [0, 0.05) is 20.1 Å². The third-order valence-corrected chi connectivity index (χ3v) is 3.66. The molecule has 0 aliphatic carbocycles. The van der Waals surface area contributed by atoms with Crippen LogP contribution in [0, 0.1) is 0 Å². The Hall–Kier alpha value is -0.900. The fraction of sp³-hybridized carbons (Fsp3) is 0.800. The van der Waals surface area contributed by atoms with Gasteiger partial charge in [-0.2, -0.15) is 0 Å². The summed E-state index contributed by atoms with van der Waals surface area (Å²) in [6, 6.07) is 0. The van der Waals surface area contributed by atoms with Crippen molar-refractivity contribution < 1.29 is 9.59 Å². The van der Waals surface area contributed by atoms with E-state index >= 15 is 0 Å². The average Bonchev–Trinajstić information content (AvgIpc) is 2.36. The van der Waals surface area contributed by atoms with E-state index in [9.17, 15) is 9.59 Å². The number of likely N-dealkylation sites (tertiary alicyclic amines) is 2. The zero-order chi connectivity index (χ0) is 10.3. The molecule has 14 heavy (non-hydrogen) atoms. The van der Waals surface area contributed by atoms with E-state index < -0.39 is 5.54 Å². The molecule has 0 aromatic carbocycles. The number of hydrogen-bond donors (Lipinski definition) is 0. The van der Waals surface area contributed by atoms with Gasteiger partial charge in [0.2, 0.25) is 5.91 Å². The molecule has 4 nitrogen and oxygen atoms in total. The molecule has 2 aliphatic rings. The first-order valence-corrected chi connectivity index (χ1v) is 5.05. The summed E-state index contributed by atoms with van der Waals surface area (Å²) >= 11 is 0. The molecular weight excluding hydrogens is 180 g/mol. The lowest BCUT2D eigenvalue weighted by Crippen LogP contribution is -2.54. The molecule has 0 radical (unpaired) electrons. The smallest absolute Gasteiger partial charge is 0.230 e. The molecule has 0 bridgehead atoms. The van der Waals surface area contributed by atoms with Gasteiger partial charge in [-0.1, -0.05) is 0 Å². The monoisotopic (exact) mass is 196 g/mol. The van der Waals surface area contributed by atoms with E-state index in [0.29, 0.717) is 0 Å². The summed E-state index contributed by atoms with van der Waals surface area (Å²) in [4.78, 5) is 27.1. The minimum absolute atomic E-state index is 0.0143. The summed E-state index contributed by atoms with van der Waals surface area (Å²) in [5, 5.41) is 0. The number of hydrogen-bond acceptors (Lipinski definition) is 3. The van der Waals surface area contributed by atoms with Gasteiger partial charge >= 0.3 is 0 Å². The van der Waals surface area contributed by atoms with Gasteiger partial charge < -0.3 is 9.80 Å². The van der Waals surface area contributed by atoms with Crippen molar-refractivity contribution in [3.63, 3.8) is 0 Å². The summed E-state index contributed by atoms with van der Waals surface area (Å²) in [5.41, 5.74) is -0.455. The number of likely N-dealkylation sites (N-methyl/N-ethyl adjacent to an activating group) is 1. The second-order valence-electron chi connectivity index (χ2n) is 4.39. The number of rotatable bonds is 0. The molecule has 2 aliphatic heterocycles. The van der Waals surface area contributed by atoms with Crippen LogP contribution in [0.5, 0.6) is 0 Å². The van der Waals surface area contributed by atoms with Crippen molar-refractivity contribution in [2.45, 2.75) is 24.8 Å². The van der Waals surface area contributed by atoms with Crippen molar-refractivity contribution in [2.24, 2.45) is 0 Å². The molecule has 2 heterocycles. The Morgan fingerprint density at radius 1 is 1.14 bits per heavy atom. The van der Waals surface area contributed by atoms with Crippen LogP contribution in [-0.2, 0) is 9.59 Å². The second kappa shape index (κ2) is 3.05. The molecule has 0 aromatic rings. The highest BCUT2D eigenvalue weighted by Gasteiger charge is 2.51. The van der Waals surface area contributed by atoms with E-state index in [0.717, 1.165) is 25.9 Å². The van der Waals surface area contributed by atoms with Crippen LogP contribution in [-0.4, -0.2) is 54.2 Å². The fourth-order valence-electron chi connectivity index (χ4n) is 2.45. The van der Waals surface area contributed by atoms with Crippen molar-refractivity contribution in [3.05, 3.63) is 0 Å². The predicted molar refractivity (Wildman–Crippen MR) is 51.9 cm³/mol. The van der Waals surface area contributed by atoms with E-state index in [4.69, 9.17) is 0 Å². The van der Waals surface area contributed by atoms with Crippen LogP contribution in [0.3, 0.4) is 0 Å². The van der Waals surface area contributed by atoms with Crippen LogP contribution in [0.25, 0.3) is 0 Å². The van der Waals surface area contributed by atoms with Crippen molar-refractivity contribution >= 4 is 11.7 Å². The molecule has 0 atom stereocenters. The Morgan fingerprint density at radius 2 is 1.71 bits per heavy atom. The fourth-order valence-corrected chi connectivity index (χ4v) is 2.45. The highest BCUT2D eigenvalue weighted by molar-refractivity contribution is 6.10. The van der Waals surface area contributed by atoms with Gasteiger partial charge in [-0.25, -0.2) is 0 Å². The molecule has 4 heteroatoms. The average molecular weight is 196 g/mol. The largest absolute Gasteiger partial charge is 0.333 e. The molecule has 78 valence electrons. The minimum Gasteiger partial charge on any atom is -0.333 e. The summed E-state index contributed by atoms with van der Waals surface area (Å²) in [6.07, 6.45) is 1.70. The molecule has 0 unspecified atom stereocenters. The van der Waals surface area contributed by atoms with E-state index in [2.05, 4.69) is 4.90 Å². The standard InChI is InChI=1S/C10H16N2O2/c1-11-5-3-10(4-6-11)8(13)7-9(14)12(10)2/h3-7H2,1-2H3. The number of piperidine rings is 1. The van der Waals surface area contributed by atoms with Gasteiger partial charge in [-0.15, -0.1) is 0 Å². The molecule has 2 fully saturated rings. The Labute approximate surface area is 83.9 Å². The molecular formula is C10H16N2O2. The van der Waals surface area contributed by atoms with Crippen LogP contribution in [0.4, 0.5) is 0 Å². The molecule has 2 rings (SSSR count). The lowest BCUT2D eigenvalue weighted by molar-refractivity contribution is -0.133. The third-order valence-electron chi connectivity index (χ3n) is 3.66. The topological polar surface area (TPSA) is 40.6 Å². The van der Waals surface area contributed by atoms with Gasteiger partial charge in [0.1, 0.15) is 5.54 Å². The molecule has 0 N–H and O–H groups in total. The van der Waals surface area contributed by atoms with E-state index in [1.54, 1.807) is 11.9 Å². The third kappa shape index (κ3) is 1.17. The van der Waals surface area contributed by atoms with Crippen molar-refractivity contribution in [2.75, 3.05) is 27.2 Å². The van der Waals surface area contributed by atoms with Gasteiger partial charge in [0.15, 0.2) is 5.78 Å².